The number of ketones is 1. The molecule has 4 rings (SSSR count). The normalized spacial score (nSPS) is 45.8. The highest BCUT2D eigenvalue weighted by Gasteiger charge is 2.60. The van der Waals surface area contributed by atoms with Crippen LogP contribution in [0.25, 0.3) is 0 Å². The number of fused-ring (bicyclic) bond motifs is 5. The van der Waals surface area contributed by atoms with E-state index in [1.165, 1.54) is 32.6 Å². The molecular weight excluding hydrogens is 350 g/mol. The molecule has 0 spiro atoms. The molecule has 0 heterocycles. The molecule has 0 saturated heterocycles. The number of rotatable bonds is 3. The largest absolute Gasteiger partial charge is 0.466 e. The van der Waals surface area contributed by atoms with Crippen molar-refractivity contribution in [3.63, 3.8) is 0 Å². The number of nitrogens with one attached hydrogen (secondary N) is 1. The topological polar surface area (TPSA) is 67.2 Å². The molecule has 8 atom stereocenters. The third kappa shape index (κ3) is 2.81. The molecule has 0 amide bonds. The van der Waals surface area contributed by atoms with Crippen molar-refractivity contribution in [1.29, 1.82) is 5.41 Å². The van der Waals surface area contributed by atoms with Crippen molar-refractivity contribution in [2.75, 3.05) is 6.61 Å². The highest BCUT2D eigenvalue weighted by molar-refractivity contribution is 6.40. The van der Waals surface area contributed by atoms with Crippen LogP contribution >= 0.6 is 0 Å². The van der Waals surface area contributed by atoms with Gasteiger partial charge in [0.1, 0.15) is 0 Å². The Labute approximate surface area is 169 Å². The minimum atomic E-state index is -0.182. The lowest BCUT2D eigenvalue weighted by atomic mass is 9.46. The summed E-state index contributed by atoms with van der Waals surface area (Å²) in [5, 5.41) is 8.36. The van der Waals surface area contributed by atoms with Gasteiger partial charge in [0, 0.05) is 19.3 Å². The Bertz CT molecular complexity index is 727. The smallest absolute Gasteiger partial charge is 0.302 e. The third-order valence-corrected chi connectivity index (χ3v) is 9.23. The molecule has 1 N–H and O–H groups in total. The second-order valence-corrected chi connectivity index (χ2v) is 10.5. The van der Waals surface area contributed by atoms with Crippen molar-refractivity contribution in [2.45, 2.75) is 66.2 Å². The first-order chi connectivity index (χ1) is 13.2. The third-order valence-electron chi connectivity index (χ3n) is 9.23. The number of carbonyl (C=O) groups is 2. The van der Waals surface area contributed by atoms with Gasteiger partial charge in [0.25, 0.3) is 0 Å². The Balaban J connectivity index is 1.58. The first kappa shape index (κ1) is 19.8. The van der Waals surface area contributed by atoms with Crippen LogP contribution in [0.2, 0.25) is 0 Å². The van der Waals surface area contributed by atoms with E-state index in [9.17, 15) is 9.59 Å². The van der Waals surface area contributed by atoms with Gasteiger partial charge in [-0.1, -0.05) is 32.9 Å². The van der Waals surface area contributed by atoms with E-state index >= 15 is 0 Å². The predicted molar refractivity (Wildman–Crippen MR) is 109 cm³/mol. The maximum Gasteiger partial charge on any atom is 0.302 e. The number of esters is 1. The van der Waals surface area contributed by atoms with Crippen molar-refractivity contribution in [3.05, 3.63) is 12.2 Å². The van der Waals surface area contributed by atoms with Gasteiger partial charge in [0.15, 0.2) is 5.78 Å². The Morgan fingerprint density at radius 3 is 2.61 bits per heavy atom. The van der Waals surface area contributed by atoms with Crippen molar-refractivity contribution in [2.24, 2.45) is 46.3 Å². The van der Waals surface area contributed by atoms with E-state index in [1.807, 2.05) is 0 Å². The van der Waals surface area contributed by atoms with E-state index in [2.05, 4.69) is 32.9 Å². The van der Waals surface area contributed by atoms with Crippen molar-refractivity contribution in [1.82, 2.24) is 0 Å². The summed E-state index contributed by atoms with van der Waals surface area (Å²) in [6, 6.07) is 0. The lowest BCUT2D eigenvalue weighted by Crippen LogP contribution is -2.54. The van der Waals surface area contributed by atoms with E-state index < -0.39 is 0 Å². The average molecular weight is 386 g/mol. The molecule has 4 nitrogen and oxygen atoms in total. The zero-order chi connectivity index (χ0) is 20.3. The van der Waals surface area contributed by atoms with Gasteiger partial charge >= 0.3 is 5.97 Å². The molecule has 28 heavy (non-hydrogen) atoms. The van der Waals surface area contributed by atoms with Crippen LogP contribution in [0.3, 0.4) is 0 Å². The maximum absolute atomic E-state index is 12.1. The number of hydrogen-bond acceptors (Lipinski definition) is 4. The van der Waals surface area contributed by atoms with Crippen LogP contribution < -0.4 is 0 Å². The fourth-order valence-corrected chi connectivity index (χ4v) is 7.72. The van der Waals surface area contributed by atoms with Crippen LogP contribution in [-0.2, 0) is 14.3 Å². The first-order valence-corrected chi connectivity index (χ1v) is 11.1. The molecule has 0 bridgehead atoms. The van der Waals surface area contributed by atoms with Gasteiger partial charge in [-0.25, -0.2) is 0 Å². The van der Waals surface area contributed by atoms with Crippen molar-refractivity contribution in [3.8, 4) is 0 Å². The molecule has 0 radical (unpaired) electrons. The second kappa shape index (κ2) is 6.81. The fraction of sp³-hybridized carbons (Fsp3) is 0.792. The molecule has 0 aromatic rings. The summed E-state index contributed by atoms with van der Waals surface area (Å²) < 4.78 is 5.35. The molecular formula is C24H35NO3. The minimum absolute atomic E-state index is 0.0134. The summed E-state index contributed by atoms with van der Waals surface area (Å²) in [4.78, 5) is 23.4. The lowest BCUT2D eigenvalue weighted by molar-refractivity contribution is -0.143. The molecule has 154 valence electrons. The van der Waals surface area contributed by atoms with Crippen LogP contribution in [0.5, 0.6) is 0 Å². The van der Waals surface area contributed by atoms with Gasteiger partial charge < -0.3 is 10.1 Å². The Kier molecular flexibility index (Phi) is 4.83. The standard InChI is InChI=1S/C24H35NO3/c1-14(13-28-15(2)26)17-7-8-18-16-5-6-20-22(25)21(27)10-12-24(20,4)19(16)9-11-23(17,18)3/h5-6,14,16-20,25H,7-13H2,1-4H3/t14-,16+,17-,18+,19+,20?,23-,24-/m1/s1. The summed E-state index contributed by atoms with van der Waals surface area (Å²) in [5.74, 6) is 2.68. The molecule has 4 aliphatic rings. The fourth-order valence-electron chi connectivity index (χ4n) is 7.72. The molecule has 1 unspecified atom stereocenters. The number of carbonyl (C=O) groups excluding carboxylic acids is 2. The molecule has 3 fully saturated rings. The van der Waals surface area contributed by atoms with Gasteiger partial charge in [-0.05, 0) is 72.5 Å². The molecule has 4 aliphatic carbocycles. The average Bonchev–Trinajstić information content (AvgIpc) is 3.00. The summed E-state index contributed by atoms with van der Waals surface area (Å²) in [6.45, 7) is 9.09. The van der Waals surface area contributed by atoms with Crippen LogP contribution in [0.4, 0.5) is 0 Å². The maximum atomic E-state index is 12.1. The van der Waals surface area contributed by atoms with Crippen molar-refractivity contribution < 1.29 is 14.3 Å². The summed E-state index contributed by atoms with van der Waals surface area (Å²) in [5.41, 5.74) is 0.704. The summed E-state index contributed by atoms with van der Waals surface area (Å²) >= 11 is 0. The quantitative estimate of drug-likeness (QED) is 0.559. The lowest BCUT2D eigenvalue weighted by Gasteiger charge is -2.58. The SMILES string of the molecule is CC(=O)OC[C@@H](C)[C@H]1CC[C@H]2[C@@H]3C=CC4C(=N)C(=O)CC[C@]4(C)[C@H]3CC[C@]12C. The molecule has 0 aromatic heterocycles. The first-order valence-electron chi connectivity index (χ1n) is 11.1. The molecule has 4 heteroatoms. The van der Waals surface area contributed by atoms with Gasteiger partial charge in [-0.15, -0.1) is 0 Å². The highest BCUT2D eigenvalue weighted by atomic mass is 16.5. The summed E-state index contributed by atoms with van der Waals surface area (Å²) in [7, 11) is 0. The van der Waals surface area contributed by atoms with Crippen LogP contribution in [-0.4, -0.2) is 24.1 Å². The zero-order valence-corrected chi connectivity index (χ0v) is 17.8. The Hall–Kier alpha value is -1.45. The minimum Gasteiger partial charge on any atom is -0.466 e. The van der Waals surface area contributed by atoms with Gasteiger partial charge in [0.2, 0.25) is 0 Å². The number of allylic oxidation sites excluding steroid dienone is 2. The predicted octanol–water partition coefficient (Wildman–Crippen LogP) is 4.82. The van der Waals surface area contributed by atoms with E-state index in [4.69, 9.17) is 10.1 Å². The second-order valence-electron chi connectivity index (χ2n) is 10.5. The monoisotopic (exact) mass is 385 g/mol. The van der Waals surface area contributed by atoms with Crippen LogP contribution in [0.1, 0.15) is 66.2 Å². The Morgan fingerprint density at radius 1 is 1.18 bits per heavy atom. The zero-order valence-electron chi connectivity index (χ0n) is 17.8. The Morgan fingerprint density at radius 2 is 1.89 bits per heavy atom. The van der Waals surface area contributed by atoms with Crippen molar-refractivity contribution >= 4 is 17.5 Å². The number of ether oxygens (including phenoxy) is 1. The van der Waals surface area contributed by atoms with E-state index in [1.54, 1.807) is 0 Å². The number of Topliss-reactive ketones (excluding diaryl/α,β-unsaturated/α-hetero) is 1. The van der Waals surface area contributed by atoms with Gasteiger partial charge in [-0.3, -0.25) is 9.59 Å². The van der Waals surface area contributed by atoms with Crippen LogP contribution in [0.15, 0.2) is 12.2 Å². The summed E-state index contributed by atoms with van der Waals surface area (Å²) in [6.07, 6.45) is 10.9. The number of hydrogen-bond donors (Lipinski definition) is 1. The molecule has 3 saturated carbocycles. The van der Waals surface area contributed by atoms with Gasteiger partial charge in [-0.2, -0.15) is 0 Å². The van der Waals surface area contributed by atoms with E-state index in [-0.39, 0.29) is 23.1 Å². The highest BCUT2D eigenvalue weighted by Crippen LogP contribution is 2.66. The van der Waals surface area contributed by atoms with E-state index in [0.717, 1.165) is 6.42 Å². The van der Waals surface area contributed by atoms with Gasteiger partial charge in [0.05, 0.1) is 12.3 Å². The molecule has 0 aromatic carbocycles. The van der Waals surface area contributed by atoms with E-state index in [0.29, 0.717) is 53.7 Å². The molecule has 0 aliphatic heterocycles. The van der Waals surface area contributed by atoms with Crippen LogP contribution in [0, 0.1) is 51.7 Å².